The van der Waals surface area contributed by atoms with Gasteiger partial charge < -0.3 is 4.42 Å². The normalized spacial score (nSPS) is 13.3. The van der Waals surface area contributed by atoms with Crippen LogP contribution >= 0.6 is 0 Å². The average Bonchev–Trinajstić information content (AvgIpc) is 3.43. The van der Waals surface area contributed by atoms with Crippen molar-refractivity contribution in [1.82, 2.24) is 15.2 Å². The number of aromatic nitrogens is 3. The lowest BCUT2D eigenvalue weighted by atomic mass is 10.1. The first-order valence-electron chi connectivity index (χ1n) is 8.27. The lowest BCUT2D eigenvalue weighted by Gasteiger charge is -2.13. The largest absolute Gasteiger partial charge is 0.461 e. The molecule has 0 bridgehead atoms. The van der Waals surface area contributed by atoms with Crippen molar-refractivity contribution in [1.29, 1.82) is 0 Å². The minimum atomic E-state index is -0.318. The summed E-state index contributed by atoms with van der Waals surface area (Å²) in [5.41, 5.74) is 2.10. The summed E-state index contributed by atoms with van der Waals surface area (Å²) in [6.45, 7) is 0. The van der Waals surface area contributed by atoms with E-state index in [1.165, 1.54) is 4.90 Å². The Kier molecular flexibility index (Phi) is 3.26. The topological polar surface area (TPSA) is 92.1 Å². The summed E-state index contributed by atoms with van der Waals surface area (Å²) in [4.78, 5) is 30.7. The Morgan fingerprint density at radius 1 is 0.852 bits per heavy atom. The maximum Gasteiger partial charge on any atom is 0.266 e. The van der Waals surface area contributed by atoms with Crippen LogP contribution in [0.25, 0.3) is 23.0 Å². The maximum absolute atomic E-state index is 12.6. The molecule has 7 heteroatoms. The van der Waals surface area contributed by atoms with Crippen LogP contribution in [0.2, 0.25) is 0 Å². The summed E-state index contributed by atoms with van der Waals surface area (Å²) in [6.07, 6.45) is 1.56. The molecule has 2 aromatic heterocycles. The number of fused-ring (bicyclic) bond motifs is 1. The Morgan fingerprint density at radius 2 is 1.56 bits per heavy atom. The smallest absolute Gasteiger partial charge is 0.266 e. The van der Waals surface area contributed by atoms with Crippen LogP contribution in [0.5, 0.6) is 0 Å². The molecule has 5 rings (SSSR count). The van der Waals surface area contributed by atoms with Gasteiger partial charge in [0.05, 0.1) is 23.1 Å². The zero-order chi connectivity index (χ0) is 18.4. The number of rotatable bonds is 3. The van der Waals surface area contributed by atoms with Gasteiger partial charge in [-0.05, 0) is 48.5 Å². The van der Waals surface area contributed by atoms with E-state index in [0.29, 0.717) is 34.2 Å². The van der Waals surface area contributed by atoms with Crippen LogP contribution in [-0.4, -0.2) is 27.0 Å². The highest BCUT2D eigenvalue weighted by Crippen LogP contribution is 2.29. The Balaban J connectivity index is 1.45. The molecule has 3 heterocycles. The van der Waals surface area contributed by atoms with E-state index in [2.05, 4.69) is 15.2 Å². The van der Waals surface area contributed by atoms with E-state index in [0.717, 1.165) is 5.56 Å². The molecular formula is C20H12N4O3. The number of amides is 2. The van der Waals surface area contributed by atoms with Crippen molar-refractivity contribution in [3.8, 4) is 23.0 Å². The van der Waals surface area contributed by atoms with Gasteiger partial charge in [0.2, 0.25) is 0 Å². The molecule has 0 radical (unpaired) electrons. The van der Waals surface area contributed by atoms with Crippen molar-refractivity contribution in [2.45, 2.75) is 0 Å². The van der Waals surface area contributed by atoms with Crippen molar-refractivity contribution in [3.63, 3.8) is 0 Å². The van der Waals surface area contributed by atoms with E-state index in [-0.39, 0.29) is 11.8 Å². The van der Waals surface area contributed by atoms with E-state index in [1.54, 1.807) is 66.9 Å². The van der Waals surface area contributed by atoms with E-state index in [1.807, 2.05) is 0 Å². The highest BCUT2D eigenvalue weighted by Gasteiger charge is 2.36. The number of carbonyl (C=O) groups is 2. The standard InChI is InChI=1S/C20H12N4O3/c25-19-14-4-1-2-5-15(14)20(26)24(19)13-9-7-12(8-10-13)17-21-18(23-22-17)16-6-3-11-27-16/h1-11H,(H,21,22,23). The van der Waals surface area contributed by atoms with Crippen molar-refractivity contribution < 1.29 is 14.0 Å². The van der Waals surface area contributed by atoms with Crippen LogP contribution < -0.4 is 4.90 Å². The number of imide groups is 1. The molecular weight excluding hydrogens is 344 g/mol. The van der Waals surface area contributed by atoms with Crippen LogP contribution in [-0.2, 0) is 0 Å². The van der Waals surface area contributed by atoms with E-state index in [9.17, 15) is 9.59 Å². The van der Waals surface area contributed by atoms with Crippen molar-refractivity contribution in [3.05, 3.63) is 78.1 Å². The van der Waals surface area contributed by atoms with Gasteiger partial charge in [0.25, 0.3) is 11.8 Å². The molecule has 1 aliphatic heterocycles. The number of hydrogen-bond donors (Lipinski definition) is 1. The molecule has 0 spiro atoms. The van der Waals surface area contributed by atoms with Crippen molar-refractivity contribution >= 4 is 17.5 Å². The third-order valence-corrected chi connectivity index (χ3v) is 4.42. The number of nitrogens with one attached hydrogen (secondary N) is 1. The number of carbonyl (C=O) groups excluding carboxylic acids is 2. The zero-order valence-corrected chi connectivity index (χ0v) is 13.9. The van der Waals surface area contributed by atoms with Crippen LogP contribution in [0.3, 0.4) is 0 Å². The third kappa shape index (κ3) is 2.36. The maximum atomic E-state index is 12.6. The summed E-state index contributed by atoms with van der Waals surface area (Å²) in [7, 11) is 0. The van der Waals surface area contributed by atoms with Gasteiger partial charge in [-0.25, -0.2) is 9.88 Å². The van der Waals surface area contributed by atoms with Gasteiger partial charge in [-0.2, -0.15) is 5.10 Å². The number of nitrogens with zero attached hydrogens (tertiary/aromatic N) is 3. The van der Waals surface area contributed by atoms with Crippen molar-refractivity contribution in [2.75, 3.05) is 4.90 Å². The fourth-order valence-corrected chi connectivity index (χ4v) is 3.10. The molecule has 0 atom stereocenters. The second-order valence-corrected chi connectivity index (χ2v) is 6.02. The molecule has 0 fully saturated rings. The number of benzene rings is 2. The van der Waals surface area contributed by atoms with E-state index >= 15 is 0 Å². The summed E-state index contributed by atoms with van der Waals surface area (Å²) in [6, 6.07) is 17.3. The molecule has 1 N–H and O–H groups in total. The molecule has 4 aromatic rings. The van der Waals surface area contributed by atoms with Gasteiger partial charge in [0, 0.05) is 5.56 Å². The molecule has 130 valence electrons. The molecule has 0 unspecified atom stereocenters. The lowest BCUT2D eigenvalue weighted by molar-refractivity contribution is 0.0926. The highest BCUT2D eigenvalue weighted by molar-refractivity contribution is 6.34. The summed E-state index contributed by atoms with van der Waals surface area (Å²) in [5.74, 6) is 0.980. The molecule has 0 saturated heterocycles. The van der Waals surface area contributed by atoms with Crippen LogP contribution in [0.1, 0.15) is 20.7 Å². The number of anilines is 1. The van der Waals surface area contributed by atoms with Gasteiger partial charge in [0.15, 0.2) is 17.4 Å². The molecule has 7 nitrogen and oxygen atoms in total. The molecule has 1 aliphatic rings. The predicted molar refractivity (Wildman–Crippen MR) is 97.1 cm³/mol. The molecule has 0 saturated carbocycles. The number of aromatic amines is 1. The van der Waals surface area contributed by atoms with Gasteiger partial charge >= 0.3 is 0 Å². The first kappa shape index (κ1) is 15.3. The summed E-state index contributed by atoms with van der Waals surface area (Å²) < 4.78 is 5.29. The van der Waals surface area contributed by atoms with Crippen LogP contribution in [0.4, 0.5) is 5.69 Å². The lowest BCUT2D eigenvalue weighted by Crippen LogP contribution is -2.29. The Hall–Kier alpha value is -4.00. The number of hydrogen-bond acceptors (Lipinski definition) is 5. The zero-order valence-electron chi connectivity index (χ0n) is 13.9. The Bertz CT molecular complexity index is 1130. The fourth-order valence-electron chi connectivity index (χ4n) is 3.10. The molecule has 2 aromatic carbocycles. The quantitative estimate of drug-likeness (QED) is 0.567. The van der Waals surface area contributed by atoms with Crippen LogP contribution in [0.15, 0.2) is 71.3 Å². The fraction of sp³-hybridized carbons (Fsp3) is 0. The van der Waals surface area contributed by atoms with Gasteiger partial charge in [-0.1, -0.05) is 12.1 Å². The van der Waals surface area contributed by atoms with E-state index < -0.39 is 0 Å². The molecule has 27 heavy (non-hydrogen) atoms. The van der Waals surface area contributed by atoms with Crippen molar-refractivity contribution in [2.24, 2.45) is 0 Å². The van der Waals surface area contributed by atoms with Crippen LogP contribution in [0, 0.1) is 0 Å². The van der Waals surface area contributed by atoms with E-state index in [4.69, 9.17) is 4.42 Å². The highest BCUT2D eigenvalue weighted by atomic mass is 16.3. The summed E-state index contributed by atoms with van der Waals surface area (Å²) in [5, 5.41) is 7.02. The van der Waals surface area contributed by atoms with Gasteiger partial charge in [-0.3, -0.25) is 14.7 Å². The average molecular weight is 356 g/mol. The number of furan rings is 1. The minimum Gasteiger partial charge on any atom is -0.461 e. The SMILES string of the molecule is O=C1c2ccccc2C(=O)N1c1ccc(-c2n[nH]c(-c3ccco3)n2)cc1. The number of H-pyrrole nitrogens is 1. The minimum absolute atomic E-state index is 0.318. The van der Waals surface area contributed by atoms with Gasteiger partial charge in [-0.15, -0.1) is 0 Å². The monoisotopic (exact) mass is 356 g/mol. The first-order valence-corrected chi connectivity index (χ1v) is 8.27. The first-order chi connectivity index (χ1) is 13.2. The molecule has 0 aliphatic carbocycles. The second kappa shape index (κ2) is 5.77. The summed E-state index contributed by atoms with van der Waals surface area (Å²) >= 11 is 0. The Labute approximate surface area is 153 Å². The predicted octanol–water partition coefficient (Wildman–Crippen LogP) is 3.53. The second-order valence-electron chi connectivity index (χ2n) is 6.02. The molecule has 2 amide bonds. The Morgan fingerprint density at radius 3 is 2.19 bits per heavy atom. The van der Waals surface area contributed by atoms with Gasteiger partial charge in [0.1, 0.15) is 0 Å². The third-order valence-electron chi connectivity index (χ3n) is 4.42.